The van der Waals surface area contributed by atoms with E-state index in [9.17, 15) is 17.6 Å². The van der Waals surface area contributed by atoms with E-state index in [1.54, 1.807) is 18.2 Å². The molecule has 1 N–H and O–H groups in total. The number of hydrogen-bond donors (Lipinski definition) is 1. The summed E-state index contributed by atoms with van der Waals surface area (Å²) in [6, 6.07) is 10.6. The van der Waals surface area contributed by atoms with Gasteiger partial charge in [0.2, 0.25) is 10.0 Å². The molecule has 2 aromatic heterocycles. The molecule has 0 spiro atoms. The molecule has 0 unspecified atom stereocenters. The lowest BCUT2D eigenvalue weighted by atomic mass is 9.97. The number of sulfonamides is 1. The van der Waals surface area contributed by atoms with Crippen molar-refractivity contribution in [1.82, 2.24) is 29.3 Å². The van der Waals surface area contributed by atoms with Gasteiger partial charge in [-0.2, -0.15) is 4.31 Å². The molecule has 192 valence electrons. The summed E-state index contributed by atoms with van der Waals surface area (Å²) in [5.74, 6) is 0.937. The molecule has 6 rings (SSSR count). The summed E-state index contributed by atoms with van der Waals surface area (Å²) in [5.41, 5.74) is 0.824. The monoisotopic (exact) mass is 526 g/mol. The predicted octanol–water partition coefficient (Wildman–Crippen LogP) is 2.04. The van der Waals surface area contributed by atoms with E-state index in [-0.39, 0.29) is 41.8 Å². The Morgan fingerprint density at radius 3 is 2.51 bits per heavy atom. The summed E-state index contributed by atoms with van der Waals surface area (Å²) in [4.78, 5) is 20.3. The van der Waals surface area contributed by atoms with Gasteiger partial charge < -0.3 is 14.5 Å². The third-order valence-corrected chi connectivity index (χ3v) is 8.52. The zero-order valence-electron chi connectivity index (χ0n) is 19.6. The van der Waals surface area contributed by atoms with Crippen LogP contribution in [0.3, 0.4) is 0 Å². The highest BCUT2D eigenvalue weighted by molar-refractivity contribution is 7.89. The number of ether oxygens (including phenoxy) is 2. The number of piperidine rings is 1. The second-order valence-electron chi connectivity index (χ2n) is 8.98. The second kappa shape index (κ2) is 9.23. The van der Waals surface area contributed by atoms with E-state index in [4.69, 9.17) is 9.47 Å². The van der Waals surface area contributed by atoms with Gasteiger partial charge in [0.15, 0.2) is 22.7 Å². The number of rotatable bonds is 5. The lowest BCUT2D eigenvalue weighted by Crippen LogP contribution is -2.38. The summed E-state index contributed by atoms with van der Waals surface area (Å²) >= 11 is 0. The van der Waals surface area contributed by atoms with E-state index < -0.39 is 15.6 Å². The smallest absolute Gasteiger partial charge is 0.281 e. The van der Waals surface area contributed by atoms with Gasteiger partial charge in [0.25, 0.3) is 5.56 Å². The van der Waals surface area contributed by atoms with Gasteiger partial charge in [-0.3, -0.25) is 4.79 Å². The highest BCUT2D eigenvalue weighted by Gasteiger charge is 2.32. The number of hydrogen-bond acceptors (Lipinski definition) is 8. The summed E-state index contributed by atoms with van der Waals surface area (Å²) in [6.45, 7) is 1.62. The molecule has 0 saturated carbocycles. The van der Waals surface area contributed by atoms with Gasteiger partial charge in [0.05, 0.1) is 11.4 Å². The van der Waals surface area contributed by atoms with Gasteiger partial charge in [-0.1, -0.05) is 17.3 Å². The molecule has 0 bridgehead atoms. The predicted molar refractivity (Wildman–Crippen MR) is 130 cm³/mol. The van der Waals surface area contributed by atoms with Gasteiger partial charge in [-0.25, -0.2) is 22.5 Å². The number of aromatic nitrogens is 5. The van der Waals surface area contributed by atoms with Crippen LogP contribution < -0.4 is 15.0 Å². The Morgan fingerprint density at radius 1 is 1.03 bits per heavy atom. The van der Waals surface area contributed by atoms with Gasteiger partial charge in [0, 0.05) is 25.1 Å². The highest BCUT2D eigenvalue weighted by Crippen LogP contribution is 2.35. The maximum absolute atomic E-state index is 13.3. The normalized spacial score (nSPS) is 16.8. The molecule has 4 aromatic rings. The van der Waals surface area contributed by atoms with Crippen LogP contribution in [0, 0.1) is 5.82 Å². The maximum Gasteiger partial charge on any atom is 0.281 e. The molecule has 2 aliphatic heterocycles. The molecular weight excluding hydrogens is 503 g/mol. The molecule has 1 saturated heterocycles. The van der Waals surface area contributed by atoms with Gasteiger partial charge in [-0.15, -0.1) is 5.10 Å². The standard InChI is InChI=1S/C24H23FN6O5S/c25-17-3-1-15(2-4-17)14-31-23-21(28-29-31)24(32)27-22(26-23)16-7-9-30(10-8-16)37(33,34)18-5-6-19-20(13-18)36-12-11-35-19/h1-6,13,16H,7-12,14H2,(H,26,27,32). The third kappa shape index (κ3) is 4.44. The van der Waals surface area contributed by atoms with E-state index in [0.717, 1.165) is 5.56 Å². The van der Waals surface area contributed by atoms with Crippen LogP contribution in [0.5, 0.6) is 11.5 Å². The lowest BCUT2D eigenvalue weighted by molar-refractivity contribution is 0.171. The van der Waals surface area contributed by atoms with Crippen LogP contribution in [0.2, 0.25) is 0 Å². The zero-order chi connectivity index (χ0) is 25.6. The number of H-pyrrole nitrogens is 1. The first-order valence-electron chi connectivity index (χ1n) is 11.9. The quantitative estimate of drug-likeness (QED) is 0.418. The molecule has 0 atom stereocenters. The molecule has 1 fully saturated rings. The summed E-state index contributed by atoms with van der Waals surface area (Å²) in [5, 5.41) is 8.00. The van der Waals surface area contributed by atoms with Crippen LogP contribution in [0.1, 0.15) is 30.1 Å². The Hall–Kier alpha value is -3.84. The fourth-order valence-corrected chi connectivity index (χ4v) is 6.13. The molecule has 0 aliphatic carbocycles. The summed E-state index contributed by atoms with van der Waals surface area (Å²) in [6.07, 6.45) is 0.968. The van der Waals surface area contributed by atoms with Crippen LogP contribution in [-0.2, 0) is 16.6 Å². The highest BCUT2D eigenvalue weighted by atomic mass is 32.2. The second-order valence-corrected chi connectivity index (χ2v) is 10.9. The molecule has 0 radical (unpaired) electrons. The van der Waals surface area contributed by atoms with Crippen molar-refractivity contribution in [2.24, 2.45) is 0 Å². The van der Waals surface area contributed by atoms with E-state index in [1.807, 2.05) is 0 Å². The first-order chi connectivity index (χ1) is 17.9. The molecule has 11 nitrogen and oxygen atoms in total. The van der Waals surface area contributed by atoms with Gasteiger partial charge >= 0.3 is 0 Å². The average Bonchev–Trinajstić information content (AvgIpc) is 3.33. The minimum Gasteiger partial charge on any atom is -0.486 e. The van der Waals surface area contributed by atoms with Crippen molar-refractivity contribution < 1.29 is 22.3 Å². The van der Waals surface area contributed by atoms with Crippen molar-refractivity contribution in [1.29, 1.82) is 0 Å². The first kappa shape index (κ1) is 23.6. The van der Waals surface area contributed by atoms with Crippen molar-refractivity contribution >= 4 is 21.2 Å². The van der Waals surface area contributed by atoms with Crippen molar-refractivity contribution in [2.45, 2.75) is 30.2 Å². The van der Waals surface area contributed by atoms with Crippen molar-refractivity contribution in [3.63, 3.8) is 0 Å². The molecule has 4 heterocycles. The molecule has 13 heteroatoms. The summed E-state index contributed by atoms with van der Waals surface area (Å²) < 4.78 is 53.7. The topological polar surface area (TPSA) is 132 Å². The largest absolute Gasteiger partial charge is 0.486 e. The lowest BCUT2D eigenvalue weighted by Gasteiger charge is -2.31. The van der Waals surface area contributed by atoms with Crippen LogP contribution in [0.25, 0.3) is 11.2 Å². The average molecular weight is 527 g/mol. The SMILES string of the molecule is O=c1[nH]c(C2CCN(S(=O)(=O)c3ccc4c(c3)OCCO4)CC2)nc2c1nnn2Cc1ccc(F)cc1. The third-order valence-electron chi connectivity index (χ3n) is 6.63. The minimum atomic E-state index is -3.72. The Balaban J connectivity index is 1.21. The summed E-state index contributed by atoms with van der Waals surface area (Å²) in [7, 11) is -3.72. The number of aromatic amines is 1. The Labute approximate surface area is 210 Å². The fourth-order valence-electron chi connectivity index (χ4n) is 4.65. The van der Waals surface area contributed by atoms with Crippen molar-refractivity contribution in [3.8, 4) is 11.5 Å². The number of nitrogens with zero attached hydrogens (tertiary/aromatic N) is 5. The molecule has 0 amide bonds. The van der Waals surface area contributed by atoms with Gasteiger partial charge in [-0.05, 0) is 42.7 Å². The van der Waals surface area contributed by atoms with Crippen LogP contribution in [0.15, 0.2) is 52.2 Å². The number of nitrogens with one attached hydrogen (secondary N) is 1. The van der Waals surface area contributed by atoms with E-state index >= 15 is 0 Å². The molecule has 37 heavy (non-hydrogen) atoms. The molecule has 2 aromatic carbocycles. The Bertz CT molecular complexity index is 1630. The van der Waals surface area contributed by atoms with Crippen LogP contribution in [-0.4, -0.2) is 64.0 Å². The van der Waals surface area contributed by atoms with E-state index in [1.165, 1.54) is 33.3 Å². The fraction of sp³-hybridized carbons (Fsp3) is 0.333. The molecule has 2 aliphatic rings. The van der Waals surface area contributed by atoms with Crippen molar-refractivity contribution in [3.05, 3.63) is 70.0 Å². The Kier molecular flexibility index (Phi) is 5.88. The first-order valence-corrected chi connectivity index (χ1v) is 13.3. The minimum absolute atomic E-state index is 0.115. The maximum atomic E-state index is 13.3. The number of benzene rings is 2. The number of fused-ring (bicyclic) bond motifs is 2. The van der Waals surface area contributed by atoms with E-state index in [0.29, 0.717) is 49.0 Å². The molecular formula is C24H23FN6O5S. The Morgan fingerprint density at radius 2 is 1.76 bits per heavy atom. The zero-order valence-corrected chi connectivity index (χ0v) is 20.4. The number of halogens is 1. The van der Waals surface area contributed by atoms with Crippen molar-refractivity contribution in [2.75, 3.05) is 26.3 Å². The van der Waals surface area contributed by atoms with Crippen LogP contribution in [0.4, 0.5) is 4.39 Å². The van der Waals surface area contributed by atoms with Gasteiger partial charge in [0.1, 0.15) is 24.9 Å². The van der Waals surface area contributed by atoms with Crippen LogP contribution >= 0.6 is 0 Å². The van der Waals surface area contributed by atoms with E-state index in [2.05, 4.69) is 20.3 Å².